The number of methoxy groups -OCH3 is 2. The Hall–Kier alpha value is -2.73. The van der Waals surface area contributed by atoms with Gasteiger partial charge in [-0.25, -0.2) is 0 Å². The van der Waals surface area contributed by atoms with Gasteiger partial charge in [-0.15, -0.1) is 0 Å². The van der Waals surface area contributed by atoms with Crippen LogP contribution in [0.25, 0.3) is 0 Å². The van der Waals surface area contributed by atoms with Gasteiger partial charge in [0.2, 0.25) is 11.1 Å². The summed E-state index contributed by atoms with van der Waals surface area (Å²) in [7, 11) is 2.69. The summed E-state index contributed by atoms with van der Waals surface area (Å²) in [6, 6.07) is 0. The molecule has 2 aliphatic rings. The zero-order valence-electron chi connectivity index (χ0n) is 20.6. The molecule has 0 aromatic carbocycles. The minimum absolute atomic E-state index is 0.151. The topological polar surface area (TPSA) is 177 Å². The van der Waals surface area contributed by atoms with Crippen LogP contribution in [0.4, 0.5) is 0 Å². The fraction of sp³-hybridized carbons (Fsp3) is 0.727. The SMILES string of the molecule is CCOC(=O)CC(=O)Cl.CCOC(=O)CC(=O)NC1(CC(=O)OC)CC1.COC(=O)CC1(N)CC1. The van der Waals surface area contributed by atoms with Gasteiger partial charge >= 0.3 is 23.9 Å². The Labute approximate surface area is 209 Å². The van der Waals surface area contributed by atoms with Crippen molar-refractivity contribution in [3.8, 4) is 0 Å². The molecule has 0 saturated heterocycles. The fourth-order valence-electron chi connectivity index (χ4n) is 2.55. The quantitative estimate of drug-likeness (QED) is 0.170. The molecule has 0 aliphatic heterocycles. The minimum atomic E-state index is -0.687. The number of hydrogen-bond acceptors (Lipinski definition) is 11. The van der Waals surface area contributed by atoms with Gasteiger partial charge in [0.05, 0.1) is 45.8 Å². The number of esters is 4. The molecule has 0 unspecified atom stereocenters. The summed E-state index contributed by atoms with van der Waals surface area (Å²) in [5.41, 5.74) is 4.92. The standard InChI is InChI=1S/C11H17NO5.C6H11NO2.C5H7ClO3/c1-3-17-9(14)6-8(13)12-11(4-5-11)7-10(15)16-2;1-9-5(8)4-6(7)2-3-6;1-2-9-5(8)3-4(6)7/h3-7H2,1-2H3,(H,12,13);2-4,7H2,1H3;2-3H2,1H3. The Balaban J connectivity index is 0.000000543. The van der Waals surface area contributed by atoms with Crippen molar-refractivity contribution in [3.05, 3.63) is 0 Å². The molecule has 0 aromatic heterocycles. The van der Waals surface area contributed by atoms with Gasteiger partial charge in [0.25, 0.3) is 0 Å². The molecule has 200 valence electrons. The lowest BCUT2D eigenvalue weighted by Gasteiger charge is -2.15. The molecule has 1 amide bonds. The van der Waals surface area contributed by atoms with Gasteiger partial charge in [-0.1, -0.05) is 0 Å². The molecular formula is C22H35ClN2O10. The van der Waals surface area contributed by atoms with E-state index in [9.17, 15) is 28.8 Å². The van der Waals surface area contributed by atoms with Crippen LogP contribution in [0.2, 0.25) is 0 Å². The Bertz CT molecular complexity index is 763. The maximum atomic E-state index is 11.5. The zero-order valence-corrected chi connectivity index (χ0v) is 21.4. The van der Waals surface area contributed by atoms with Crippen LogP contribution in [-0.2, 0) is 47.7 Å². The van der Waals surface area contributed by atoms with E-state index < -0.39 is 28.6 Å². The second-order valence-electron chi connectivity index (χ2n) is 8.02. The largest absolute Gasteiger partial charge is 0.469 e. The molecule has 0 bridgehead atoms. The number of carbonyl (C=O) groups excluding carboxylic acids is 6. The smallest absolute Gasteiger partial charge is 0.315 e. The highest BCUT2D eigenvalue weighted by Crippen LogP contribution is 2.39. The van der Waals surface area contributed by atoms with Crippen LogP contribution in [0.3, 0.4) is 0 Å². The Kier molecular flexibility index (Phi) is 14.8. The lowest BCUT2D eigenvalue weighted by atomic mass is 10.1. The average Bonchev–Trinajstić information content (AvgIpc) is 3.67. The molecule has 2 saturated carbocycles. The van der Waals surface area contributed by atoms with E-state index in [4.69, 9.17) is 17.3 Å². The van der Waals surface area contributed by atoms with Gasteiger partial charge in [0.1, 0.15) is 12.8 Å². The molecule has 0 atom stereocenters. The molecule has 0 heterocycles. The van der Waals surface area contributed by atoms with Crippen molar-refractivity contribution in [1.82, 2.24) is 5.32 Å². The predicted octanol–water partition coefficient (Wildman–Crippen LogP) is 0.897. The van der Waals surface area contributed by atoms with Crippen LogP contribution in [-0.4, -0.2) is 73.5 Å². The van der Waals surface area contributed by atoms with E-state index in [0.29, 0.717) is 6.42 Å². The first-order chi connectivity index (χ1) is 16.3. The maximum Gasteiger partial charge on any atom is 0.315 e. The van der Waals surface area contributed by atoms with Crippen LogP contribution in [0.5, 0.6) is 0 Å². The van der Waals surface area contributed by atoms with E-state index in [1.807, 2.05) is 0 Å². The van der Waals surface area contributed by atoms with E-state index in [-0.39, 0.29) is 50.0 Å². The fourth-order valence-corrected chi connectivity index (χ4v) is 2.66. The number of hydrogen-bond donors (Lipinski definition) is 2. The van der Waals surface area contributed by atoms with Crippen molar-refractivity contribution in [3.63, 3.8) is 0 Å². The maximum absolute atomic E-state index is 11.5. The highest BCUT2D eigenvalue weighted by molar-refractivity contribution is 6.64. The lowest BCUT2D eigenvalue weighted by molar-refractivity contribution is -0.147. The van der Waals surface area contributed by atoms with Crippen LogP contribution in [0.1, 0.15) is 65.2 Å². The summed E-state index contributed by atoms with van der Waals surface area (Å²) in [6.45, 7) is 3.87. The van der Waals surface area contributed by atoms with Crippen molar-refractivity contribution >= 4 is 46.6 Å². The molecule has 2 rings (SSSR count). The number of nitrogens with one attached hydrogen (secondary N) is 1. The summed E-state index contributed by atoms with van der Waals surface area (Å²) >= 11 is 4.87. The molecule has 2 fully saturated rings. The first kappa shape index (κ1) is 32.3. The van der Waals surface area contributed by atoms with E-state index in [0.717, 1.165) is 25.7 Å². The molecule has 13 heteroatoms. The lowest BCUT2D eigenvalue weighted by Crippen LogP contribution is -2.39. The second kappa shape index (κ2) is 16.0. The normalized spacial score (nSPS) is 15.4. The molecule has 0 radical (unpaired) electrons. The summed E-state index contributed by atoms with van der Waals surface area (Å²) in [6.07, 6.45) is 3.27. The van der Waals surface area contributed by atoms with Crippen molar-refractivity contribution in [1.29, 1.82) is 0 Å². The molecular weight excluding hydrogens is 488 g/mol. The van der Waals surface area contributed by atoms with Crippen LogP contribution in [0, 0.1) is 0 Å². The van der Waals surface area contributed by atoms with Crippen molar-refractivity contribution in [2.24, 2.45) is 5.73 Å². The van der Waals surface area contributed by atoms with Gasteiger partial charge in [-0.05, 0) is 51.1 Å². The third-order valence-electron chi connectivity index (χ3n) is 4.78. The van der Waals surface area contributed by atoms with E-state index in [2.05, 4.69) is 24.3 Å². The summed E-state index contributed by atoms with van der Waals surface area (Å²) in [5, 5.41) is 1.99. The predicted molar refractivity (Wildman–Crippen MR) is 123 cm³/mol. The Morgan fingerprint density at radius 3 is 1.60 bits per heavy atom. The van der Waals surface area contributed by atoms with Gasteiger partial charge in [0, 0.05) is 5.54 Å². The number of nitrogens with two attached hydrogens (primary N) is 1. The monoisotopic (exact) mass is 522 g/mol. The van der Waals surface area contributed by atoms with E-state index in [1.165, 1.54) is 14.2 Å². The number of halogens is 1. The van der Waals surface area contributed by atoms with E-state index in [1.54, 1.807) is 13.8 Å². The van der Waals surface area contributed by atoms with E-state index >= 15 is 0 Å². The van der Waals surface area contributed by atoms with Crippen molar-refractivity contribution in [2.45, 2.75) is 76.3 Å². The van der Waals surface area contributed by atoms with Gasteiger partial charge in [0.15, 0.2) is 0 Å². The minimum Gasteiger partial charge on any atom is -0.469 e. The number of carbonyl (C=O) groups is 6. The number of rotatable bonds is 11. The third-order valence-corrected chi connectivity index (χ3v) is 4.92. The molecule has 0 spiro atoms. The number of amides is 1. The Morgan fingerprint density at radius 1 is 0.771 bits per heavy atom. The summed E-state index contributed by atoms with van der Waals surface area (Å²) in [4.78, 5) is 64.5. The third kappa shape index (κ3) is 16.5. The molecule has 3 N–H and O–H groups in total. The van der Waals surface area contributed by atoms with Crippen LogP contribution in [0.15, 0.2) is 0 Å². The first-order valence-corrected chi connectivity index (χ1v) is 11.4. The van der Waals surface area contributed by atoms with Gasteiger partial charge in [-0.3, -0.25) is 28.8 Å². The number of ether oxygens (including phenoxy) is 4. The van der Waals surface area contributed by atoms with Gasteiger partial charge < -0.3 is 30.0 Å². The molecule has 0 aromatic rings. The zero-order chi connectivity index (χ0) is 27.1. The highest BCUT2D eigenvalue weighted by Gasteiger charge is 2.46. The molecule has 12 nitrogen and oxygen atoms in total. The van der Waals surface area contributed by atoms with Crippen molar-refractivity contribution in [2.75, 3.05) is 27.4 Å². The first-order valence-electron chi connectivity index (χ1n) is 11.1. The summed E-state index contributed by atoms with van der Waals surface area (Å²) < 4.78 is 18.1. The van der Waals surface area contributed by atoms with Gasteiger partial charge in [-0.2, -0.15) is 0 Å². The second-order valence-corrected chi connectivity index (χ2v) is 8.44. The van der Waals surface area contributed by atoms with Crippen LogP contribution < -0.4 is 11.1 Å². The van der Waals surface area contributed by atoms with Crippen LogP contribution >= 0.6 is 11.6 Å². The van der Waals surface area contributed by atoms with Crippen molar-refractivity contribution < 1.29 is 47.7 Å². The molecule has 2 aliphatic carbocycles. The highest BCUT2D eigenvalue weighted by atomic mass is 35.5. The molecule has 35 heavy (non-hydrogen) atoms. The summed E-state index contributed by atoms with van der Waals surface area (Å²) in [5.74, 6) is -2.10. The Morgan fingerprint density at radius 2 is 1.23 bits per heavy atom. The average molecular weight is 523 g/mol.